The minimum Gasteiger partial charge on any atom is -0.332 e. The van der Waals surface area contributed by atoms with Crippen molar-refractivity contribution in [2.75, 3.05) is 18.0 Å². The number of anilines is 1. The number of nitrogens with one attached hydrogen (secondary N) is 2. The van der Waals surface area contributed by atoms with E-state index in [0.29, 0.717) is 0 Å². The highest BCUT2D eigenvalue weighted by Crippen LogP contribution is 2.36. The molecule has 0 spiro atoms. The minimum atomic E-state index is -0.821. The number of para-hydroxylation sites is 1. The van der Waals surface area contributed by atoms with Crippen molar-refractivity contribution in [1.82, 2.24) is 15.8 Å². The fourth-order valence-electron chi connectivity index (χ4n) is 3.41. The van der Waals surface area contributed by atoms with Crippen LogP contribution in [0.5, 0.6) is 0 Å². The van der Waals surface area contributed by atoms with E-state index >= 15 is 0 Å². The van der Waals surface area contributed by atoms with Crippen molar-refractivity contribution in [3.8, 4) is 0 Å². The fraction of sp³-hybridized carbons (Fsp3) is 0.500. The maximum Gasteiger partial charge on any atom is 0.323 e. The van der Waals surface area contributed by atoms with Gasteiger partial charge in [-0.25, -0.2) is 5.01 Å². The quantitative estimate of drug-likeness (QED) is 0.805. The number of hydrogen-bond acceptors (Lipinski definition) is 4. The van der Waals surface area contributed by atoms with Gasteiger partial charge < -0.3 is 10.2 Å². The third-order valence-corrected chi connectivity index (χ3v) is 4.61. The SMILES string of the molecule is CC(C)N1C(=O)[C@@H](NC(=O)C(=O)NN2CCCCC2)c2ccccc21. The van der Waals surface area contributed by atoms with E-state index in [1.54, 1.807) is 9.91 Å². The van der Waals surface area contributed by atoms with E-state index in [1.807, 2.05) is 38.1 Å². The normalized spacial score (nSPS) is 20.5. The lowest BCUT2D eigenvalue weighted by atomic mass is 10.1. The molecule has 0 radical (unpaired) electrons. The van der Waals surface area contributed by atoms with E-state index in [2.05, 4.69) is 10.7 Å². The number of piperidine rings is 1. The molecule has 1 fully saturated rings. The van der Waals surface area contributed by atoms with E-state index < -0.39 is 17.9 Å². The Kier molecular flexibility index (Phi) is 5.03. The molecule has 0 saturated carbocycles. The van der Waals surface area contributed by atoms with Gasteiger partial charge in [0.1, 0.15) is 6.04 Å². The number of amides is 3. The van der Waals surface area contributed by atoms with E-state index in [-0.39, 0.29) is 11.9 Å². The van der Waals surface area contributed by atoms with E-state index in [9.17, 15) is 14.4 Å². The number of carbonyl (C=O) groups is 3. The van der Waals surface area contributed by atoms with Crippen LogP contribution in [-0.4, -0.2) is 41.9 Å². The zero-order valence-electron chi connectivity index (χ0n) is 14.6. The van der Waals surface area contributed by atoms with Gasteiger partial charge in [-0.05, 0) is 32.8 Å². The van der Waals surface area contributed by atoms with Crippen molar-refractivity contribution in [2.24, 2.45) is 0 Å². The van der Waals surface area contributed by atoms with Crippen molar-refractivity contribution in [3.63, 3.8) is 0 Å². The van der Waals surface area contributed by atoms with Crippen LogP contribution >= 0.6 is 0 Å². The molecule has 2 aliphatic heterocycles. The summed E-state index contributed by atoms with van der Waals surface area (Å²) in [5.74, 6) is -1.73. The topological polar surface area (TPSA) is 81.8 Å². The molecule has 3 rings (SSSR count). The highest BCUT2D eigenvalue weighted by atomic mass is 16.2. The van der Waals surface area contributed by atoms with Crippen molar-refractivity contribution in [3.05, 3.63) is 29.8 Å². The first kappa shape index (κ1) is 17.4. The van der Waals surface area contributed by atoms with E-state index in [0.717, 1.165) is 43.6 Å². The van der Waals surface area contributed by atoms with E-state index in [1.165, 1.54) is 0 Å². The molecule has 134 valence electrons. The van der Waals surface area contributed by atoms with Crippen LogP contribution in [0, 0.1) is 0 Å². The summed E-state index contributed by atoms with van der Waals surface area (Å²) < 4.78 is 0. The van der Waals surface area contributed by atoms with Gasteiger partial charge in [-0.2, -0.15) is 0 Å². The molecule has 1 saturated heterocycles. The van der Waals surface area contributed by atoms with Crippen LogP contribution in [0.3, 0.4) is 0 Å². The first-order valence-corrected chi connectivity index (χ1v) is 8.77. The van der Waals surface area contributed by atoms with Crippen LogP contribution in [0.2, 0.25) is 0 Å². The summed E-state index contributed by atoms with van der Waals surface area (Å²) in [6, 6.07) is 6.49. The van der Waals surface area contributed by atoms with Gasteiger partial charge in [0.2, 0.25) is 0 Å². The number of rotatable bonds is 3. The van der Waals surface area contributed by atoms with Gasteiger partial charge in [0.15, 0.2) is 0 Å². The number of hydrazine groups is 1. The molecule has 0 unspecified atom stereocenters. The Balaban J connectivity index is 1.70. The molecule has 1 atom stereocenters. The Hall–Kier alpha value is -2.41. The summed E-state index contributed by atoms with van der Waals surface area (Å²) >= 11 is 0. The third kappa shape index (κ3) is 3.51. The van der Waals surface area contributed by atoms with Crippen LogP contribution in [0.15, 0.2) is 24.3 Å². The number of benzene rings is 1. The van der Waals surface area contributed by atoms with E-state index in [4.69, 9.17) is 0 Å². The van der Waals surface area contributed by atoms with Gasteiger partial charge in [0, 0.05) is 30.4 Å². The second-order valence-electron chi connectivity index (χ2n) is 6.76. The molecule has 7 nitrogen and oxygen atoms in total. The number of hydrogen-bond donors (Lipinski definition) is 2. The molecule has 2 N–H and O–H groups in total. The minimum absolute atomic E-state index is 0.0299. The maximum atomic E-state index is 12.7. The summed E-state index contributed by atoms with van der Waals surface area (Å²) in [5.41, 5.74) is 4.13. The first-order chi connectivity index (χ1) is 12.0. The van der Waals surface area contributed by atoms with Gasteiger partial charge >= 0.3 is 11.8 Å². The fourth-order valence-corrected chi connectivity index (χ4v) is 3.41. The van der Waals surface area contributed by atoms with Crippen LogP contribution < -0.4 is 15.6 Å². The van der Waals surface area contributed by atoms with Crippen LogP contribution in [-0.2, 0) is 14.4 Å². The highest BCUT2D eigenvalue weighted by molar-refractivity contribution is 6.35. The third-order valence-electron chi connectivity index (χ3n) is 4.61. The van der Waals surface area contributed by atoms with Crippen LogP contribution in [0.4, 0.5) is 5.69 Å². The number of carbonyl (C=O) groups excluding carboxylic acids is 3. The first-order valence-electron chi connectivity index (χ1n) is 8.77. The molecule has 1 aromatic carbocycles. The average Bonchev–Trinajstić information content (AvgIpc) is 2.88. The molecular formula is C18H24N4O3. The largest absolute Gasteiger partial charge is 0.332 e. The molecule has 3 amide bonds. The van der Waals surface area contributed by atoms with Gasteiger partial charge in [-0.3, -0.25) is 19.8 Å². The molecule has 0 bridgehead atoms. The summed E-state index contributed by atoms with van der Waals surface area (Å²) in [4.78, 5) is 38.8. The highest BCUT2D eigenvalue weighted by Gasteiger charge is 2.40. The molecule has 25 heavy (non-hydrogen) atoms. The second kappa shape index (κ2) is 7.23. The lowest BCUT2D eigenvalue weighted by Gasteiger charge is -2.26. The van der Waals surface area contributed by atoms with Crippen LogP contribution in [0.1, 0.15) is 44.7 Å². The van der Waals surface area contributed by atoms with Gasteiger partial charge in [0.25, 0.3) is 5.91 Å². The predicted octanol–water partition coefficient (Wildman–Crippen LogP) is 1.12. The molecule has 0 aromatic heterocycles. The number of nitrogens with zero attached hydrogens (tertiary/aromatic N) is 2. The Labute approximate surface area is 147 Å². The summed E-state index contributed by atoms with van der Waals surface area (Å²) in [6.07, 6.45) is 3.14. The van der Waals surface area contributed by atoms with Gasteiger partial charge in [-0.1, -0.05) is 24.6 Å². The molecule has 0 aliphatic carbocycles. The van der Waals surface area contributed by atoms with Crippen molar-refractivity contribution >= 4 is 23.4 Å². The summed E-state index contributed by atoms with van der Waals surface area (Å²) in [5, 5.41) is 4.35. The molecular weight excluding hydrogens is 320 g/mol. The summed E-state index contributed by atoms with van der Waals surface area (Å²) in [7, 11) is 0. The molecule has 2 heterocycles. The second-order valence-corrected chi connectivity index (χ2v) is 6.76. The monoisotopic (exact) mass is 344 g/mol. The Morgan fingerprint density at radius 1 is 1.08 bits per heavy atom. The molecule has 1 aromatic rings. The summed E-state index contributed by atoms with van der Waals surface area (Å²) in [6.45, 7) is 5.32. The Morgan fingerprint density at radius 2 is 1.76 bits per heavy atom. The van der Waals surface area contributed by atoms with Gasteiger partial charge in [0.05, 0.1) is 0 Å². The lowest BCUT2D eigenvalue weighted by Crippen LogP contribution is -2.51. The Morgan fingerprint density at radius 3 is 2.44 bits per heavy atom. The Bertz CT molecular complexity index is 683. The van der Waals surface area contributed by atoms with Crippen molar-refractivity contribution in [1.29, 1.82) is 0 Å². The molecule has 7 heteroatoms. The van der Waals surface area contributed by atoms with Crippen LogP contribution in [0.25, 0.3) is 0 Å². The van der Waals surface area contributed by atoms with Crippen molar-refractivity contribution in [2.45, 2.75) is 45.2 Å². The standard InChI is InChI=1S/C18H24N4O3/c1-12(2)22-14-9-5-4-8-13(14)15(18(22)25)19-16(23)17(24)20-21-10-6-3-7-11-21/h4-5,8-9,12,15H,3,6-7,10-11H2,1-2H3,(H,19,23)(H,20,24)/t15-/m0/s1. The molecule has 2 aliphatic rings. The average molecular weight is 344 g/mol. The number of fused-ring (bicyclic) bond motifs is 1. The zero-order chi connectivity index (χ0) is 18.0. The van der Waals surface area contributed by atoms with Gasteiger partial charge in [-0.15, -0.1) is 0 Å². The zero-order valence-corrected chi connectivity index (χ0v) is 14.6. The lowest BCUT2D eigenvalue weighted by molar-refractivity contribution is -0.143. The predicted molar refractivity (Wildman–Crippen MR) is 93.5 cm³/mol. The smallest absolute Gasteiger partial charge is 0.323 e. The van der Waals surface area contributed by atoms with Crippen molar-refractivity contribution < 1.29 is 14.4 Å². The maximum absolute atomic E-state index is 12.7.